The van der Waals surface area contributed by atoms with Crippen molar-refractivity contribution in [2.24, 2.45) is 7.05 Å². The van der Waals surface area contributed by atoms with Gasteiger partial charge in [-0.15, -0.1) is 0 Å². The first-order valence-electron chi connectivity index (χ1n) is 9.59. The summed E-state index contributed by atoms with van der Waals surface area (Å²) in [4.78, 5) is 16.5. The van der Waals surface area contributed by atoms with Crippen LogP contribution in [0.1, 0.15) is 16.7 Å². The minimum absolute atomic E-state index is 0.550. The number of hydrogen-bond acceptors (Lipinski definition) is 5. The summed E-state index contributed by atoms with van der Waals surface area (Å²) in [6, 6.07) is 13.9. The molecular weight excluding hydrogens is 379 g/mol. The monoisotopic (exact) mass is 398 g/mol. The van der Waals surface area contributed by atoms with Crippen LogP contribution in [0, 0.1) is 12.9 Å². The number of fused-ring (bicyclic) bond motifs is 2. The molecule has 0 saturated heterocycles. The van der Waals surface area contributed by atoms with Crippen molar-refractivity contribution in [3.8, 4) is 0 Å². The second-order valence-corrected chi connectivity index (χ2v) is 7.37. The summed E-state index contributed by atoms with van der Waals surface area (Å²) >= 11 is 0. The van der Waals surface area contributed by atoms with Gasteiger partial charge in [0.15, 0.2) is 0 Å². The average Bonchev–Trinajstić information content (AvgIpc) is 3.11. The fourth-order valence-electron chi connectivity index (χ4n) is 3.65. The van der Waals surface area contributed by atoms with E-state index in [1.165, 1.54) is 29.7 Å². The van der Waals surface area contributed by atoms with E-state index in [1.807, 2.05) is 24.0 Å². The smallest absolute Gasteiger partial charge is 0.213 e. The van der Waals surface area contributed by atoms with Crippen LogP contribution >= 0.6 is 0 Å². The maximum Gasteiger partial charge on any atom is 0.213 e. The van der Waals surface area contributed by atoms with Crippen LogP contribution in [0.2, 0.25) is 0 Å². The summed E-state index contributed by atoms with van der Waals surface area (Å²) in [6.45, 7) is 2.08. The molecule has 0 aliphatic carbocycles. The topological polar surface area (TPSA) is 68.5 Å². The SMILES string of the molecule is Cc1cc(Nc2ncnc3cnc(F)cc23)ccc1Cc1ccc2c(c1)ncn2C. The molecule has 0 atom stereocenters. The van der Waals surface area contributed by atoms with E-state index < -0.39 is 5.95 Å². The van der Waals surface area contributed by atoms with E-state index in [4.69, 9.17) is 0 Å². The van der Waals surface area contributed by atoms with Crippen LogP contribution in [0.3, 0.4) is 0 Å². The van der Waals surface area contributed by atoms with Gasteiger partial charge in [-0.3, -0.25) is 0 Å². The van der Waals surface area contributed by atoms with Gasteiger partial charge in [-0.2, -0.15) is 4.39 Å². The van der Waals surface area contributed by atoms with Gasteiger partial charge < -0.3 is 9.88 Å². The van der Waals surface area contributed by atoms with Crippen LogP contribution in [0.15, 0.2) is 61.3 Å². The number of aryl methyl sites for hydroxylation is 2. The lowest BCUT2D eigenvalue weighted by Gasteiger charge is -2.12. The summed E-state index contributed by atoms with van der Waals surface area (Å²) < 4.78 is 15.6. The molecule has 0 spiro atoms. The third-order valence-electron chi connectivity index (χ3n) is 5.28. The number of nitrogens with zero attached hydrogens (tertiary/aromatic N) is 5. The normalized spacial score (nSPS) is 11.3. The lowest BCUT2D eigenvalue weighted by atomic mass is 9.99. The van der Waals surface area contributed by atoms with Crippen molar-refractivity contribution in [2.75, 3.05) is 5.32 Å². The van der Waals surface area contributed by atoms with Gasteiger partial charge >= 0.3 is 0 Å². The molecule has 0 aliphatic rings. The lowest BCUT2D eigenvalue weighted by molar-refractivity contribution is 0.586. The quantitative estimate of drug-likeness (QED) is 0.445. The van der Waals surface area contributed by atoms with E-state index in [2.05, 4.69) is 62.5 Å². The van der Waals surface area contributed by atoms with Crippen molar-refractivity contribution in [1.82, 2.24) is 24.5 Å². The Morgan fingerprint density at radius 2 is 1.87 bits per heavy atom. The summed E-state index contributed by atoms with van der Waals surface area (Å²) in [5, 5.41) is 3.87. The van der Waals surface area contributed by atoms with Crippen molar-refractivity contribution in [3.05, 3.63) is 84.0 Å². The Morgan fingerprint density at radius 1 is 0.967 bits per heavy atom. The molecule has 3 heterocycles. The zero-order chi connectivity index (χ0) is 20.7. The second-order valence-electron chi connectivity index (χ2n) is 7.37. The first-order valence-corrected chi connectivity index (χ1v) is 9.59. The predicted octanol–water partition coefficient (Wildman–Crippen LogP) is 4.69. The summed E-state index contributed by atoms with van der Waals surface area (Å²) in [7, 11) is 2.00. The third kappa shape index (κ3) is 3.34. The Kier molecular flexibility index (Phi) is 4.35. The number of anilines is 2. The molecular formula is C23H19FN6. The third-order valence-corrected chi connectivity index (χ3v) is 5.28. The van der Waals surface area contributed by atoms with Crippen LogP contribution < -0.4 is 5.32 Å². The van der Waals surface area contributed by atoms with Gasteiger partial charge in [0, 0.05) is 24.2 Å². The number of aromatic nitrogens is 5. The molecule has 0 saturated carbocycles. The number of nitrogens with one attached hydrogen (secondary N) is 1. The molecule has 0 fully saturated rings. The molecule has 7 heteroatoms. The minimum atomic E-state index is -0.559. The first-order chi connectivity index (χ1) is 14.6. The largest absolute Gasteiger partial charge is 0.340 e. The van der Waals surface area contributed by atoms with E-state index in [-0.39, 0.29) is 0 Å². The Labute approximate surface area is 172 Å². The molecule has 6 nitrogen and oxygen atoms in total. The second kappa shape index (κ2) is 7.18. The Balaban J connectivity index is 1.41. The molecule has 2 aromatic carbocycles. The molecule has 0 bridgehead atoms. The van der Waals surface area contributed by atoms with Crippen molar-refractivity contribution in [2.45, 2.75) is 13.3 Å². The highest BCUT2D eigenvalue weighted by Gasteiger charge is 2.09. The van der Waals surface area contributed by atoms with Crippen molar-refractivity contribution in [1.29, 1.82) is 0 Å². The highest BCUT2D eigenvalue weighted by Crippen LogP contribution is 2.25. The maximum absolute atomic E-state index is 13.6. The fourth-order valence-corrected chi connectivity index (χ4v) is 3.65. The van der Waals surface area contributed by atoms with Crippen molar-refractivity contribution in [3.63, 3.8) is 0 Å². The molecule has 3 aromatic heterocycles. The zero-order valence-corrected chi connectivity index (χ0v) is 16.6. The number of imidazole rings is 1. The first kappa shape index (κ1) is 18.2. The van der Waals surface area contributed by atoms with Crippen LogP contribution in [-0.2, 0) is 13.5 Å². The number of benzene rings is 2. The summed E-state index contributed by atoms with van der Waals surface area (Å²) in [5.41, 5.74) is 7.21. The van der Waals surface area contributed by atoms with Gasteiger partial charge in [-0.25, -0.2) is 19.9 Å². The fraction of sp³-hybridized carbons (Fsp3) is 0.130. The molecule has 5 aromatic rings. The van der Waals surface area contributed by atoms with Gasteiger partial charge in [0.05, 0.1) is 29.1 Å². The highest BCUT2D eigenvalue weighted by molar-refractivity contribution is 5.89. The Hall–Kier alpha value is -3.87. The van der Waals surface area contributed by atoms with Crippen LogP contribution in [0.25, 0.3) is 21.9 Å². The zero-order valence-electron chi connectivity index (χ0n) is 16.6. The van der Waals surface area contributed by atoms with E-state index in [0.717, 1.165) is 28.7 Å². The molecule has 0 amide bonds. The number of rotatable bonds is 4. The lowest BCUT2D eigenvalue weighted by Crippen LogP contribution is -1.99. The van der Waals surface area contributed by atoms with Crippen LogP contribution in [0.5, 0.6) is 0 Å². The standard InChI is InChI=1S/C23H19FN6/c1-14-7-17(29-23-18-10-22(24)25-11-20(18)26-12-27-23)5-4-16(14)8-15-3-6-21-19(9-15)28-13-30(21)2/h3-7,9-13H,8H2,1-2H3,(H,26,27,29). The molecule has 0 aliphatic heterocycles. The molecule has 0 unspecified atom stereocenters. The minimum Gasteiger partial charge on any atom is -0.340 e. The van der Waals surface area contributed by atoms with Gasteiger partial charge in [-0.05, 0) is 54.3 Å². The predicted molar refractivity (Wildman–Crippen MR) is 115 cm³/mol. The molecule has 30 heavy (non-hydrogen) atoms. The Morgan fingerprint density at radius 3 is 2.73 bits per heavy atom. The van der Waals surface area contributed by atoms with Crippen molar-refractivity contribution < 1.29 is 4.39 Å². The molecule has 5 rings (SSSR count). The average molecular weight is 398 g/mol. The molecule has 148 valence electrons. The van der Waals surface area contributed by atoms with Crippen LogP contribution in [-0.4, -0.2) is 24.5 Å². The summed E-state index contributed by atoms with van der Waals surface area (Å²) in [6.07, 6.45) is 5.51. The van der Waals surface area contributed by atoms with Crippen LogP contribution in [0.4, 0.5) is 15.9 Å². The number of pyridine rings is 1. The highest BCUT2D eigenvalue weighted by atomic mass is 19.1. The number of halogens is 1. The Bertz CT molecular complexity index is 1390. The van der Waals surface area contributed by atoms with E-state index in [0.29, 0.717) is 16.7 Å². The van der Waals surface area contributed by atoms with Crippen molar-refractivity contribution >= 4 is 33.4 Å². The molecule has 1 N–H and O–H groups in total. The van der Waals surface area contributed by atoms with E-state index in [1.54, 1.807) is 0 Å². The van der Waals surface area contributed by atoms with Gasteiger partial charge in [0.2, 0.25) is 5.95 Å². The van der Waals surface area contributed by atoms with Gasteiger partial charge in [-0.1, -0.05) is 12.1 Å². The van der Waals surface area contributed by atoms with Gasteiger partial charge in [0.1, 0.15) is 12.1 Å². The molecule has 0 radical (unpaired) electrons. The van der Waals surface area contributed by atoms with Gasteiger partial charge in [0.25, 0.3) is 0 Å². The van der Waals surface area contributed by atoms with E-state index in [9.17, 15) is 4.39 Å². The number of hydrogen-bond donors (Lipinski definition) is 1. The van der Waals surface area contributed by atoms with E-state index >= 15 is 0 Å². The summed E-state index contributed by atoms with van der Waals surface area (Å²) in [5.74, 6) is -0.00851. The maximum atomic E-state index is 13.6.